The van der Waals surface area contributed by atoms with Crippen molar-refractivity contribution in [3.8, 4) is 0 Å². The van der Waals surface area contributed by atoms with E-state index in [4.69, 9.17) is 4.74 Å². The first-order valence-corrected chi connectivity index (χ1v) is 5.54. The van der Waals surface area contributed by atoms with Gasteiger partial charge in [0.05, 0.1) is 17.2 Å². The monoisotopic (exact) mass is 274 g/mol. The number of aliphatic hydroxyl groups is 1. The van der Waals surface area contributed by atoms with Gasteiger partial charge >= 0.3 is 0 Å². The van der Waals surface area contributed by atoms with Crippen molar-refractivity contribution in [2.75, 3.05) is 25.6 Å². The summed E-state index contributed by atoms with van der Waals surface area (Å²) in [5.41, 5.74) is 0. The molecule has 0 aliphatic rings. The van der Waals surface area contributed by atoms with Gasteiger partial charge in [0.25, 0.3) is 0 Å². The second kappa shape index (κ2) is 6.76. The number of pyridine rings is 1. The first-order valence-electron chi connectivity index (χ1n) is 4.75. The van der Waals surface area contributed by atoms with Crippen LogP contribution in [0.5, 0.6) is 0 Å². The van der Waals surface area contributed by atoms with Crippen LogP contribution < -0.4 is 5.32 Å². The first-order chi connectivity index (χ1) is 7.24. The molecule has 1 heterocycles. The van der Waals surface area contributed by atoms with Gasteiger partial charge in [-0.2, -0.15) is 0 Å². The highest BCUT2D eigenvalue weighted by Crippen LogP contribution is 2.17. The number of halogens is 1. The summed E-state index contributed by atoms with van der Waals surface area (Å²) >= 11 is 3.38. The molecule has 0 aliphatic carbocycles. The number of ether oxygens (including phenoxy) is 1. The molecule has 0 aliphatic heterocycles. The number of anilines is 1. The minimum atomic E-state index is -0.426. The number of nitrogens with one attached hydrogen (secondary N) is 1. The highest BCUT2D eigenvalue weighted by atomic mass is 79.9. The van der Waals surface area contributed by atoms with Gasteiger partial charge in [-0.05, 0) is 34.5 Å². The standard InChI is InChI=1S/C10H15BrN2O2/c1-15-7-8(14)4-6-13-10-9(11)3-2-5-12-10/h2-3,5,8,14H,4,6-7H2,1H3,(H,12,13). The third-order valence-corrected chi connectivity index (χ3v) is 2.53. The fourth-order valence-corrected chi connectivity index (χ4v) is 1.54. The van der Waals surface area contributed by atoms with Gasteiger partial charge < -0.3 is 15.2 Å². The zero-order valence-electron chi connectivity index (χ0n) is 8.61. The minimum absolute atomic E-state index is 0.366. The minimum Gasteiger partial charge on any atom is -0.391 e. The van der Waals surface area contributed by atoms with Crippen LogP contribution in [0.2, 0.25) is 0 Å². The molecule has 2 N–H and O–H groups in total. The Hall–Kier alpha value is -0.650. The predicted molar refractivity (Wildman–Crippen MR) is 62.9 cm³/mol. The summed E-state index contributed by atoms with van der Waals surface area (Å²) in [7, 11) is 1.58. The Labute approximate surface area is 97.8 Å². The Bertz CT molecular complexity index is 297. The Morgan fingerprint density at radius 1 is 1.67 bits per heavy atom. The molecule has 15 heavy (non-hydrogen) atoms. The highest BCUT2D eigenvalue weighted by Gasteiger charge is 2.04. The highest BCUT2D eigenvalue weighted by molar-refractivity contribution is 9.10. The van der Waals surface area contributed by atoms with Crippen LogP contribution in [0.4, 0.5) is 5.82 Å². The van der Waals surface area contributed by atoms with Crippen molar-refractivity contribution in [3.05, 3.63) is 22.8 Å². The lowest BCUT2D eigenvalue weighted by Gasteiger charge is -2.10. The molecule has 0 aromatic carbocycles. The summed E-state index contributed by atoms with van der Waals surface area (Å²) in [6, 6.07) is 3.77. The molecule has 5 heteroatoms. The van der Waals surface area contributed by atoms with E-state index in [2.05, 4.69) is 26.2 Å². The van der Waals surface area contributed by atoms with Crippen LogP contribution in [0, 0.1) is 0 Å². The molecule has 4 nitrogen and oxygen atoms in total. The predicted octanol–water partition coefficient (Wildman–Crippen LogP) is 1.65. The Morgan fingerprint density at radius 2 is 2.47 bits per heavy atom. The SMILES string of the molecule is COCC(O)CCNc1ncccc1Br. The molecule has 0 spiro atoms. The second-order valence-corrected chi connectivity index (χ2v) is 4.01. The van der Waals surface area contributed by atoms with Crippen molar-refractivity contribution in [1.29, 1.82) is 0 Å². The fourth-order valence-electron chi connectivity index (χ4n) is 1.15. The molecule has 1 aromatic rings. The topological polar surface area (TPSA) is 54.4 Å². The maximum atomic E-state index is 9.40. The third-order valence-electron chi connectivity index (χ3n) is 1.89. The number of rotatable bonds is 6. The zero-order chi connectivity index (χ0) is 11.1. The van der Waals surface area contributed by atoms with Gasteiger partial charge in [0.1, 0.15) is 5.82 Å². The number of aromatic nitrogens is 1. The lowest BCUT2D eigenvalue weighted by molar-refractivity contribution is 0.0615. The van der Waals surface area contributed by atoms with Gasteiger partial charge in [-0.25, -0.2) is 4.98 Å². The van der Waals surface area contributed by atoms with Gasteiger partial charge in [-0.3, -0.25) is 0 Å². The van der Waals surface area contributed by atoms with E-state index in [1.165, 1.54) is 0 Å². The van der Waals surface area contributed by atoms with E-state index in [-0.39, 0.29) is 0 Å². The lowest BCUT2D eigenvalue weighted by atomic mass is 10.2. The Morgan fingerprint density at radius 3 is 3.13 bits per heavy atom. The molecule has 0 saturated carbocycles. The average Bonchev–Trinajstić information content (AvgIpc) is 2.21. The number of nitrogens with zero attached hydrogens (tertiary/aromatic N) is 1. The molecule has 0 amide bonds. The van der Waals surface area contributed by atoms with Gasteiger partial charge in [0, 0.05) is 19.9 Å². The van der Waals surface area contributed by atoms with Crippen LogP contribution in [-0.4, -0.2) is 36.5 Å². The molecule has 1 atom stereocenters. The van der Waals surface area contributed by atoms with Crippen molar-refractivity contribution >= 4 is 21.7 Å². The second-order valence-electron chi connectivity index (χ2n) is 3.16. The van der Waals surface area contributed by atoms with Crippen molar-refractivity contribution < 1.29 is 9.84 Å². The van der Waals surface area contributed by atoms with Crippen LogP contribution in [-0.2, 0) is 4.74 Å². The van der Waals surface area contributed by atoms with E-state index in [1.54, 1.807) is 13.3 Å². The van der Waals surface area contributed by atoms with E-state index < -0.39 is 6.10 Å². The van der Waals surface area contributed by atoms with Crippen LogP contribution in [0.1, 0.15) is 6.42 Å². The van der Waals surface area contributed by atoms with Gasteiger partial charge in [-0.1, -0.05) is 0 Å². The summed E-state index contributed by atoms with van der Waals surface area (Å²) in [5, 5.41) is 12.5. The molecule has 0 saturated heterocycles. The third kappa shape index (κ3) is 4.59. The quantitative estimate of drug-likeness (QED) is 0.829. The van der Waals surface area contributed by atoms with E-state index in [0.29, 0.717) is 19.6 Å². The van der Waals surface area contributed by atoms with Crippen LogP contribution in [0.3, 0.4) is 0 Å². The number of hydrogen-bond donors (Lipinski definition) is 2. The first kappa shape index (κ1) is 12.4. The Balaban J connectivity index is 2.29. The molecule has 84 valence electrons. The van der Waals surface area contributed by atoms with Crippen molar-refractivity contribution in [1.82, 2.24) is 4.98 Å². The van der Waals surface area contributed by atoms with E-state index in [0.717, 1.165) is 10.3 Å². The molecular weight excluding hydrogens is 260 g/mol. The molecule has 1 rings (SSSR count). The van der Waals surface area contributed by atoms with Crippen LogP contribution in [0.15, 0.2) is 22.8 Å². The smallest absolute Gasteiger partial charge is 0.140 e. The summed E-state index contributed by atoms with van der Waals surface area (Å²) < 4.78 is 5.75. The summed E-state index contributed by atoms with van der Waals surface area (Å²) in [6.07, 6.45) is 1.93. The Kier molecular flexibility index (Phi) is 5.60. The average molecular weight is 275 g/mol. The summed E-state index contributed by atoms with van der Waals surface area (Å²) in [5.74, 6) is 0.794. The molecule has 0 fully saturated rings. The van der Waals surface area contributed by atoms with Crippen molar-refractivity contribution in [2.24, 2.45) is 0 Å². The van der Waals surface area contributed by atoms with Gasteiger partial charge in [0.15, 0.2) is 0 Å². The molecular formula is C10H15BrN2O2. The largest absolute Gasteiger partial charge is 0.391 e. The van der Waals surface area contributed by atoms with E-state index in [9.17, 15) is 5.11 Å². The summed E-state index contributed by atoms with van der Waals surface area (Å²) in [4.78, 5) is 4.15. The molecule has 0 bridgehead atoms. The zero-order valence-corrected chi connectivity index (χ0v) is 10.2. The summed E-state index contributed by atoms with van der Waals surface area (Å²) in [6.45, 7) is 1.03. The fraction of sp³-hybridized carbons (Fsp3) is 0.500. The van der Waals surface area contributed by atoms with Gasteiger partial charge in [-0.15, -0.1) is 0 Å². The van der Waals surface area contributed by atoms with Crippen LogP contribution in [0.25, 0.3) is 0 Å². The number of methoxy groups -OCH3 is 1. The molecule has 1 aromatic heterocycles. The van der Waals surface area contributed by atoms with E-state index in [1.807, 2.05) is 12.1 Å². The number of aliphatic hydroxyl groups excluding tert-OH is 1. The van der Waals surface area contributed by atoms with Crippen molar-refractivity contribution in [2.45, 2.75) is 12.5 Å². The lowest BCUT2D eigenvalue weighted by Crippen LogP contribution is -2.18. The van der Waals surface area contributed by atoms with E-state index >= 15 is 0 Å². The van der Waals surface area contributed by atoms with Crippen LogP contribution >= 0.6 is 15.9 Å². The maximum Gasteiger partial charge on any atom is 0.140 e. The molecule has 1 unspecified atom stereocenters. The molecule has 0 radical (unpaired) electrons. The van der Waals surface area contributed by atoms with Gasteiger partial charge in [0.2, 0.25) is 0 Å². The maximum absolute atomic E-state index is 9.40. The van der Waals surface area contributed by atoms with Crippen molar-refractivity contribution in [3.63, 3.8) is 0 Å². The normalized spacial score (nSPS) is 12.5. The number of hydrogen-bond acceptors (Lipinski definition) is 4.